The predicted octanol–water partition coefficient (Wildman–Crippen LogP) is 4.29. The standard InChI is InChI=1S/C13H13N3O3S2.C12H23N/c1-6-8(21-5-15-6)3-2-7-4-20-12-9(14)11(17)16(12)10(7)13(18)19;1-3-7-11(8-4-1)13-12-9-5-2-6-10-12/h2-3,5,9,12H,4,14H2,1H3,(H,18,19);11-13H,1-10H2/b3-2+;/t9?,12-;/m1./s1. The number of carbonyl (C=O) groups is 2. The van der Waals surface area contributed by atoms with Crippen LogP contribution >= 0.6 is 23.1 Å². The van der Waals surface area contributed by atoms with Gasteiger partial charge in [-0.1, -0.05) is 44.6 Å². The summed E-state index contributed by atoms with van der Waals surface area (Å²) in [5.41, 5.74) is 9.01. The smallest absolute Gasteiger partial charge is 0.352 e. The molecule has 2 atom stereocenters. The summed E-state index contributed by atoms with van der Waals surface area (Å²) < 4.78 is 0. The zero-order chi connectivity index (χ0) is 24.1. The quantitative estimate of drug-likeness (QED) is 0.513. The molecule has 1 saturated heterocycles. The maximum Gasteiger partial charge on any atom is 0.352 e. The molecule has 0 aromatic carbocycles. The van der Waals surface area contributed by atoms with E-state index >= 15 is 0 Å². The van der Waals surface area contributed by atoms with Gasteiger partial charge in [0.2, 0.25) is 5.91 Å². The van der Waals surface area contributed by atoms with E-state index in [1.54, 1.807) is 11.6 Å². The number of nitrogens with one attached hydrogen (secondary N) is 1. The van der Waals surface area contributed by atoms with Gasteiger partial charge >= 0.3 is 5.97 Å². The number of carboxylic acid groups (broad SMARTS) is 1. The van der Waals surface area contributed by atoms with E-state index in [4.69, 9.17) is 5.73 Å². The second-order valence-electron chi connectivity index (χ2n) is 9.59. The van der Waals surface area contributed by atoms with E-state index in [-0.39, 0.29) is 17.0 Å². The SMILES string of the molecule is C1CCC(NC2CCCCC2)CC1.Cc1ncsc1/C=C/C1=C(C(=O)O)N2C(=O)C(N)[C@H]2SC1. The Morgan fingerprint density at radius 2 is 1.74 bits per heavy atom. The number of nitrogens with two attached hydrogens (primary N) is 1. The van der Waals surface area contributed by atoms with Gasteiger partial charge in [-0.2, -0.15) is 0 Å². The topological polar surface area (TPSA) is 109 Å². The van der Waals surface area contributed by atoms with E-state index in [0.717, 1.165) is 22.7 Å². The van der Waals surface area contributed by atoms with Gasteiger partial charge in [0, 0.05) is 22.7 Å². The van der Waals surface area contributed by atoms with Gasteiger partial charge in [0.05, 0.1) is 11.2 Å². The summed E-state index contributed by atoms with van der Waals surface area (Å²) >= 11 is 2.98. The number of nitrogens with zero attached hydrogens (tertiary/aromatic N) is 2. The Morgan fingerprint density at radius 1 is 1.12 bits per heavy atom. The molecule has 0 radical (unpaired) electrons. The highest BCUT2D eigenvalue weighted by atomic mass is 32.2. The number of aliphatic carboxylic acids is 1. The number of aryl methyl sites for hydroxylation is 1. The van der Waals surface area contributed by atoms with E-state index < -0.39 is 12.0 Å². The Hall–Kier alpha value is -1.68. The van der Waals surface area contributed by atoms with Crippen molar-refractivity contribution in [2.75, 3.05) is 5.75 Å². The average molecular weight is 505 g/mol. The number of fused-ring (bicyclic) bond motifs is 1. The maximum absolute atomic E-state index is 11.8. The Labute approximate surface area is 210 Å². The summed E-state index contributed by atoms with van der Waals surface area (Å²) in [6, 6.07) is 1.15. The lowest BCUT2D eigenvalue weighted by Crippen LogP contribution is -2.68. The third kappa shape index (κ3) is 5.93. The molecule has 34 heavy (non-hydrogen) atoms. The average Bonchev–Trinajstić information content (AvgIpc) is 3.27. The van der Waals surface area contributed by atoms with Crippen LogP contribution in [0, 0.1) is 6.92 Å². The van der Waals surface area contributed by atoms with Crippen molar-refractivity contribution in [3.63, 3.8) is 0 Å². The third-order valence-electron chi connectivity index (χ3n) is 7.14. The number of thiazole rings is 1. The number of carboxylic acids is 1. The number of hydrogen-bond acceptors (Lipinski definition) is 7. The highest BCUT2D eigenvalue weighted by molar-refractivity contribution is 8.00. The number of rotatable bonds is 5. The minimum absolute atomic E-state index is 0.0452. The molecule has 3 fully saturated rings. The molecule has 3 heterocycles. The van der Waals surface area contributed by atoms with Crippen LogP contribution in [0.15, 0.2) is 22.9 Å². The molecule has 9 heteroatoms. The van der Waals surface area contributed by atoms with Gasteiger partial charge in [0.25, 0.3) is 0 Å². The lowest BCUT2D eigenvalue weighted by atomic mass is 9.91. The lowest BCUT2D eigenvalue weighted by Gasteiger charge is -2.47. The first-order chi connectivity index (χ1) is 16.5. The predicted molar refractivity (Wildman–Crippen MR) is 138 cm³/mol. The van der Waals surface area contributed by atoms with Gasteiger partial charge in [0.1, 0.15) is 17.1 Å². The van der Waals surface area contributed by atoms with Crippen LogP contribution in [0.4, 0.5) is 0 Å². The van der Waals surface area contributed by atoms with Crippen molar-refractivity contribution in [2.24, 2.45) is 5.73 Å². The van der Waals surface area contributed by atoms with E-state index in [0.29, 0.717) is 11.3 Å². The normalized spacial score (nSPS) is 26.2. The Morgan fingerprint density at radius 3 is 2.26 bits per heavy atom. The number of aromatic nitrogens is 1. The van der Waals surface area contributed by atoms with Crippen LogP contribution in [0.1, 0.15) is 74.8 Å². The van der Waals surface area contributed by atoms with Gasteiger partial charge < -0.3 is 16.2 Å². The van der Waals surface area contributed by atoms with Crippen LogP contribution in [0.3, 0.4) is 0 Å². The summed E-state index contributed by atoms with van der Waals surface area (Å²) in [4.78, 5) is 29.7. The number of thioether (sulfide) groups is 1. The third-order valence-corrected chi connectivity index (χ3v) is 9.36. The lowest BCUT2D eigenvalue weighted by molar-refractivity contribution is -0.147. The van der Waals surface area contributed by atoms with Crippen molar-refractivity contribution in [3.05, 3.63) is 33.4 Å². The van der Waals surface area contributed by atoms with Crippen molar-refractivity contribution in [3.8, 4) is 0 Å². The number of amides is 1. The molecule has 0 spiro atoms. The molecule has 1 unspecified atom stereocenters. The largest absolute Gasteiger partial charge is 0.477 e. The molecular weight excluding hydrogens is 468 g/mol. The Kier molecular flexibility index (Phi) is 8.85. The maximum atomic E-state index is 11.8. The summed E-state index contributed by atoms with van der Waals surface area (Å²) in [7, 11) is 0. The van der Waals surface area contributed by atoms with Crippen LogP contribution in [0.25, 0.3) is 6.08 Å². The molecule has 186 valence electrons. The molecule has 0 bridgehead atoms. The molecule has 1 aromatic heterocycles. The minimum Gasteiger partial charge on any atom is -0.477 e. The van der Waals surface area contributed by atoms with E-state index in [1.807, 2.05) is 13.0 Å². The summed E-state index contributed by atoms with van der Waals surface area (Å²) in [6.45, 7) is 1.90. The first-order valence-corrected chi connectivity index (χ1v) is 14.4. The van der Waals surface area contributed by atoms with Crippen LogP contribution in [-0.2, 0) is 9.59 Å². The monoisotopic (exact) mass is 504 g/mol. The molecule has 2 aliphatic carbocycles. The number of carbonyl (C=O) groups excluding carboxylic acids is 1. The molecule has 1 aromatic rings. The highest BCUT2D eigenvalue weighted by Gasteiger charge is 2.51. The molecule has 1 amide bonds. The molecular formula is C25H36N4O3S2. The first kappa shape index (κ1) is 25.4. The molecule has 5 rings (SSSR count). The highest BCUT2D eigenvalue weighted by Crippen LogP contribution is 2.40. The molecule has 4 N–H and O–H groups in total. The second-order valence-corrected chi connectivity index (χ2v) is 11.6. The van der Waals surface area contributed by atoms with Crippen LogP contribution < -0.4 is 11.1 Å². The zero-order valence-electron chi connectivity index (χ0n) is 19.9. The second kappa shape index (κ2) is 11.8. The van der Waals surface area contributed by atoms with E-state index in [1.165, 1.54) is 92.2 Å². The summed E-state index contributed by atoms with van der Waals surface area (Å²) in [6.07, 6.45) is 18.2. The van der Waals surface area contributed by atoms with Crippen molar-refractivity contribution in [1.29, 1.82) is 0 Å². The van der Waals surface area contributed by atoms with Gasteiger partial charge in [-0.25, -0.2) is 9.78 Å². The molecule has 4 aliphatic rings. The Balaban J connectivity index is 0.000000180. The number of hydrogen-bond donors (Lipinski definition) is 3. The fourth-order valence-electron chi connectivity index (χ4n) is 5.19. The number of β-lactam (4-membered cyclic amide) rings is 1. The van der Waals surface area contributed by atoms with Crippen LogP contribution in [-0.4, -0.2) is 56.1 Å². The van der Waals surface area contributed by atoms with Crippen molar-refractivity contribution < 1.29 is 14.7 Å². The Bertz CT molecular complexity index is 916. The fourth-order valence-corrected chi connectivity index (χ4v) is 7.15. The molecule has 2 saturated carbocycles. The molecule has 2 aliphatic heterocycles. The van der Waals surface area contributed by atoms with Crippen molar-refractivity contribution >= 4 is 41.1 Å². The van der Waals surface area contributed by atoms with Crippen molar-refractivity contribution in [2.45, 2.75) is 94.6 Å². The van der Waals surface area contributed by atoms with Gasteiger partial charge in [-0.05, 0) is 44.3 Å². The minimum atomic E-state index is -1.10. The zero-order valence-corrected chi connectivity index (χ0v) is 21.5. The van der Waals surface area contributed by atoms with Gasteiger partial charge in [0.15, 0.2) is 0 Å². The van der Waals surface area contributed by atoms with Crippen molar-refractivity contribution in [1.82, 2.24) is 15.2 Å². The summed E-state index contributed by atoms with van der Waals surface area (Å²) in [5, 5.41) is 13.0. The van der Waals surface area contributed by atoms with Crippen LogP contribution in [0.2, 0.25) is 0 Å². The summed E-state index contributed by atoms with van der Waals surface area (Å²) in [5.74, 6) is -0.899. The van der Waals surface area contributed by atoms with Crippen LogP contribution in [0.5, 0.6) is 0 Å². The number of allylic oxidation sites excluding steroid dienone is 1. The van der Waals surface area contributed by atoms with Gasteiger partial charge in [-0.3, -0.25) is 9.69 Å². The molecule has 7 nitrogen and oxygen atoms in total. The first-order valence-electron chi connectivity index (χ1n) is 12.5. The fraction of sp³-hybridized carbons (Fsp3) is 0.640. The van der Waals surface area contributed by atoms with Gasteiger partial charge in [-0.15, -0.1) is 23.1 Å². The van der Waals surface area contributed by atoms with E-state index in [9.17, 15) is 14.7 Å². The van der Waals surface area contributed by atoms with E-state index in [2.05, 4.69) is 10.3 Å².